The maximum absolute atomic E-state index is 12.0. The highest BCUT2D eigenvalue weighted by Gasteiger charge is 2.27. The summed E-state index contributed by atoms with van der Waals surface area (Å²) >= 11 is 0. The second kappa shape index (κ2) is 9.81. The number of hydrogen-bond acceptors (Lipinski definition) is 5. The van der Waals surface area contributed by atoms with E-state index in [1.54, 1.807) is 13.8 Å². The van der Waals surface area contributed by atoms with Crippen LogP contribution in [-0.2, 0) is 19.1 Å². The summed E-state index contributed by atoms with van der Waals surface area (Å²) in [6, 6.07) is -1.01. The largest absolute Gasteiger partial charge is 0.461 e. The normalized spacial score (nSPS) is 14.5. The van der Waals surface area contributed by atoms with Crippen LogP contribution < -0.4 is 5.32 Å². The van der Waals surface area contributed by atoms with Gasteiger partial charge in [-0.2, -0.15) is 4.79 Å². The van der Waals surface area contributed by atoms with Crippen molar-refractivity contribution in [2.45, 2.75) is 58.8 Å². The number of ketones is 1. The minimum absolute atomic E-state index is 0.00861. The molecule has 0 unspecified atom stereocenters. The molecule has 0 saturated heterocycles. The zero-order chi connectivity index (χ0) is 17.3. The molecule has 8 nitrogen and oxygen atoms in total. The fraction of sp³-hybridized carbons (Fsp3) is 0.714. The lowest BCUT2D eigenvalue weighted by molar-refractivity contribution is -0.152. The number of amides is 1. The predicted octanol–water partition coefficient (Wildman–Crippen LogP) is 0.0896. The van der Waals surface area contributed by atoms with Crippen LogP contribution in [0, 0.1) is 5.92 Å². The quantitative estimate of drug-likeness (QED) is 0.270. The maximum Gasteiger partial charge on any atom is 0.328 e. The Morgan fingerprint density at radius 1 is 1.27 bits per heavy atom. The number of carbonyl (C=O) groups is 3. The van der Waals surface area contributed by atoms with E-state index >= 15 is 0 Å². The Hall–Kier alpha value is -2.05. The predicted molar refractivity (Wildman–Crippen MR) is 77.9 cm³/mol. The van der Waals surface area contributed by atoms with Crippen LogP contribution in [-0.4, -0.2) is 52.0 Å². The van der Waals surface area contributed by atoms with Crippen molar-refractivity contribution in [3.05, 3.63) is 5.53 Å². The molecule has 124 valence electrons. The summed E-state index contributed by atoms with van der Waals surface area (Å²) in [5.74, 6) is -2.36. The number of Topliss-reactive ketones (excluding diaryl/α,β-unsaturated/α-hetero) is 1. The van der Waals surface area contributed by atoms with Gasteiger partial charge in [-0.05, 0) is 27.2 Å². The van der Waals surface area contributed by atoms with Crippen molar-refractivity contribution < 1.29 is 29.0 Å². The lowest BCUT2D eigenvalue weighted by Crippen LogP contribution is -2.46. The van der Waals surface area contributed by atoms with Gasteiger partial charge in [0.25, 0.3) is 0 Å². The molecule has 0 aliphatic carbocycles. The summed E-state index contributed by atoms with van der Waals surface area (Å²) < 4.78 is 5.04. The molecule has 0 radical (unpaired) electrons. The molecule has 0 spiro atoms. The molecule has 0 heterocycles. The number of rotatable bonds is 9. The van der Waals surface area contributed by atoms with Crippen molar-refractivity contribution in [1.29, 1.82) is 0 Å². The summed E-state index contributed by atoms with van der Waals surface area (Å²) in [5, 5.41) is 11.9. The molecule has 0 fully saturated rings. The highest BCUT2D eigenvalue weighted by Crippen LogP contribution is 2.07. The average molecular weight is 313 g/mol. The third-order valence-electron chi connectivity index (χ3n) is 2.97. The van der Waals surface area contributed by atoms with Gasteiger partial charge in [-0.1, -0.05) is 6.92 Å². The first-order valence-corrected chi connectivity index (χ1v) is 7.08. The number of ether oxygens (including phenoxy) is 1. The van der Waals surface area contributed by atoms with Gasteiger partial charge in [0.05, 0.1) is 18.1 Å². The van der Waals surface area contributed by atoms with Crippen LogP contribution in [0.25, 0.3) is 5.53 Å². The lowest BCUT2D eigenvalue weighted by Gasteiger charge is -2.21. The van der Waals surface area contributed by atoms with Crippen LogP contribution >= 0.6 is 0 Å². The summed E-state index contributed by atoms with van der Waals surface area (Å²) in [7, 11) is 0. The monoisotopic (exact) mass is 313 g/mol. The van der Waals surface area contributed by atoms with Gasteiger partial charge >= 0.3 is 12.2 Å². The van der Waals surface area contributed by atoms with E-state index in [1.165, 1.54) is 13.8 Å². The van der Waals surface area contributed by atoms with Gasteiger partial charge < -0.3 is 20.7 Å². The summed E-state index contributed by atoms with van der Waals surface area (Å²) in [5.41, 5.74) is 8.27. The van der Waals surface area contributed by atoms with Crippen LogP contribution in [0.2, 0.25) is 0 Å². The van der Waals surface area contributed by atoms with Crippen molar-refractivity contribution >= 4 is 23.9 Å². The Morgan fingerprint density at radius 3 is 2.32 bits per heavy atom. The van der Waals surface area contributed by atoms with Crippen molar-refractivity contribution in [3.8, 4) is 0 Å². The van der Waals surface area contributed by atoms with E-state index in [9.17, 15) is 19.5 Å². The highest BCUT2D eigenvalue weighted by molar-refractivity contribution is 6.25. The van der Waals surface area contributed by atoms with Crippen molar-refractivity contribution in [1.82, 2.24) is 5.32 Å². The van der Waals surface area contributed by atoms with E-state index < -0.39 is 35.7 Å². The molecule has 22 heavy (non-hydrogen) atoms. The first-order chi connectivity index (χ1) is 10.2. The van der Waals surface area contributed by atoms with Crippen LogP contribution in [0.15, 0.2) is 0 Å². The van der Waals surface area contributed by atoms with E-state index in [0.29, 0.717) is 0 Å². The minimum Gasteiger partial charge on any atom is -0.461 e. The van der Waals surface area contributed by atoms with Gasteiger partial charge in [0.2, 0.25) is 11.7 Å². The summed E-state index contributed by atoms with van der Waals surface area (Å²) in [6.07, 6.45) is -0.592. The Bertz CT molecular complexity index is 455. The number of aliphatic hydroxyl groups is 1. The van der Waals surface area contributed by atoms with Crippen LogP contribution in [0.4, 0.5) is 0 Å². The number of carbonyl (C=O) groups excluding carboxylic acids is 3. The molecular weight excluding hydrogens is 290 g/mol. The Morgan fingerprint density at radius 2 is 1.86 bits per heavy atom. The SMILES string of the molecule is CC(C)OC(=O)[C@H](CCC(=O)C=[N+]=[N-])NC(=O)[C@H](C)[C@@H](C)O. The van der Waals surface area contributed by atoms with Gasteiger partial charge in [-0.15, -0.1) is 0 Å². The molecule has 8 heteroatoms. The smallest absolute Gasteiger partial charge is 0.328 e. The standard InChI is InChI=1S/C14H23N3O5/c1-8(2)22-14(21)12(6-5-11(19)7-16-15)17-13(20)9(3)10(4)18/h7-10,12,18H,5-6H2,1-4H3,(H,17,20)/t9-,10-,12+/m1/s1. The van der Waals surface area contributed by atoms with Crippen LogP contribution in [0.5, 0.6) is 0 Å². The van der Waals surface area contributed by atoms with Crippen molar-refractivity contribution in [2.75, 3.05) is 0 Å². The van der Waals surface area contributed by atoms with Crippen LogP contribution in [0.1, 0.15) is 40.5 Å². The van der Waals surface area contributed by atoms with Gasteiger partial charge in [-0.25, -0.2) is 4.79 Å². The highest BCUT2D eigenvalue weighted by atomic mass is 16.5. The molecule has 0 bridgehead atoms. The Labute approximate surface area is 129 Å². The van der Waals surface area contributed by atoms with E-state index in [2.05, 4.69) is 10.1 Å². The lowest BCUT2D eigenvalue weighted by atomic mass is 10.0. The molecule has 0 aliphatic heterocycles. The van der Waals surface area contributed by atoms with Gasteiger partial charge in [-0.3, -0.25) is 9.59 Å². The first-order valence-electron chi connectivity index (χ1n) is 7.08. The van der Waals surface area contributed by atoms with Gasteiger partial charge in [0.15, 0.2) is 0 Å². The molecule has 0 aromatic heterocycles. The van der Waals surface area contributed by atoms with Gasteiger partial charge in [0.1, 0.15) is 6.04 Å². The second-order valence-electron chi connectivity index (χ2n) is 5.33. The molecule has 0 rings (SSSR count). The maximum atomic E-state index is 12.0. The summed E-state index contributed by atoms with van der Waals surface area (Å²) in [6.45, 7) is 6.32. The number of aliphatic hydroxyl groups excluding tert-OH is 1. The Kier molecular flexibility index (Phi) is 8.89. The second-order valence-corrected chi connectivity index (χ2v) is 5.33. The van der Waals surface area contributed by atoms with Crippen molar-refractivity contribution in [2.24, 2.45) is 5.92 Å². The molecule has 2 N–H and O–H groups in total. The van der Waals surface area contributed by atoms with E-state index in [1.807, 2.05) is 0 Å². The molecule has 0 aromatic rings. The van der Waals surface area contributed by atoms with Crippen LogP contribution in [0.3, 0.4) is 0 Å². The fourth-order valence-electron chi connectivity index (χ4n) is 1.50. The molecule has 0 saturated carbocycles. The number of nitrogens with one attached hydrogen (secondary N) is 1. The average Bonchev–Trinajstić information content (AvgIpc) is 2.41. The van der Waals surface area contributed by atoms with E-state index in [4.69, 9.17) is 10.3 Å². The molecule has 0 aromatic carbocycles. The summed E-state index contributed by atoms with van der Waals surface area (Å²) in [4.78, 5) is 37.8. The third kappa shape index (κ3) is 7.66. The zero-order valence-electron chi connectivity index (χ0n) is 13.3. The molecule has 0 aliphatic rings. The van der Waals surface area contributed by atoms with E-state index in [0.717, 1.165) is 6.21 Å². The Balaban J connectivity index is 4.85. The first kappa shape index (κ1) is 19.9. The van der Waals surface area contributed by atoms with Gasteiger partial charge in [0, 0.05) is 6.42 Å². The van der Waals surface area contributed by atoms with Crippen molar-refractivity contribution in [3.63, 3.8) is 0 Å². The zero-order valence-corrected chi connectivity index (χ0v) is 13.3. The number of hydrogen-bond donors (Lipinski definition) is 2. The molecular formula is C14H23N3O5. The topological polar surface area (TPSA) is 129 Å². The number of esters is 1. The number of nitrogens with zero attached hydrogens (tertiary/aromatic N) is 2. The third-order valence-corrected chi connectivity index (χ3v) is 2.97. The molecule has 1 amide bonds. The minimum atomic E-state index is -1.01. The fourth-order valence-corrected chi connectivity index (χ4v) is 1.50. The van der Waals surface area contributed by atoms with E-state index in [-0.39, 0.29) is 18.9 Å². The molecule has 3 atom stereocenters.